The Labute approximate surface area is 165 Å². The van der Waals surface area contributed by atoms with E-state index < -0.39 is 0 Å². The lowest BCUT2D eigenvalue weighted by Crippen LogP contribution is -1.90. The molecule has 128 valence electrons. The number of rotatable bonds is 2. The summed E-state index contributed by atoms with van der Waals surface area (Å²) >= 11 is 3.63. The smallest absolute Gasteiger partial charge is 0.0349 e. The predicted molar refractivity (Wildman–Crippen MR) is 122 cm³/mol. The minimum Gasteiger partial charge on any atom is -0.144 e. The molecule has 2 heteroatoms. The average Bonchev–Trinajstić information content (AvgIpc) is 3.41. The lowest BCUT2D eigenvalue weighted by Gasteiger charge is -2.17. The monoisotopic (exact) mass is 380 g/mol. The molecule has 6 rings (SSSR count). The maximum absolute atomic E-state index is 2.35. The number of aryl methyl sites for hydroxylation is 1. The van der Waals surface area contributed by atoms with Crippen molar-refractivity contribution in [2.75, 3.05) is 0 Å². The van der Waals surface area contributed by atoms with Gasteiger partial charge in [-0.15, -0.1) is 22.7 Å². The van der Waals surface area contributed by atoms with Gasteiger partial charge in [-0.05, 0) is 84.9 Å². The van der Waals surface area contributed by atoms with Crippen LogP contribution in [0.5, 0.6) is 0 Å². The highest BCUT2D eigenvalue weighted by molar-refractivity contribution is 7.14. The third-order valence-electron chi connectivity index (χ3n) is 5.56. The van der Waals surface area contributed by atoms with Crippen LogP contribution in [0.25, 0.3) is 53.2 Å². The molecule has 0 radical (unpaired) electrons. The van der Waals surface area contributed by atoms with E-state index in [9.17, 15) is 0 Å². The highest BCUT2D eigenvalue weighted by Gasteiger charge is 2.16. The van der Waals surface area contributed by atoms with Gasteiger partial charge in [0.15, 0.2) is 0 Å². The first-order chi connectivity index (χ1) is 13.3. The second kappa shape index (κ2) is 5.66. The maximum atomic E-state index is 2.35. The Morgan fingerprint density at radius 2 is 1.22 bits per heavy atom. The highest BCUT2D eigenvalue weighted by Crippen LogP contribution is 2.44. The minimum absolute atomic E-state index is 1.33. The van der Waals surface area contributed by atoms with Gasteiger partial charge >= 0.3 is 0 Å². The van der Waals surface area contributed by atoms with Gasteiger partial charge in [0.05, 0.1) is 0 Å². The fraction of sp³-hybridized carbons (Fsp3) is 0.0400. The molecule has 4 aromatic carbocycles. The minimum atomic E-state index is 1.33. The van der Waals surface area contributed by atoms with Gasteiger partial charge in [0.25, 0.3) is 0 Å². The Kier molecular flexibility index (Phi) is 3.22. The summed E-state index contributed by atoms with van der Waals surface area (Å²) in [7, 11) is 0. The van der Waals surface area contributed by atoms with Gasteiger partial charge in [0.2, 0.25) is 0 Å². The first-order valence-corrected chi connectivity index (χ1v) is 10.9. The normalized spacial score (nSPS) is 11.9. The lowest BCUT2D eigenvalue weighted by molar-refractivity contribution is 1.55. The molecule has 27 heavy (non-hydrogen) atoms. The molecule has 0 saturated carbocycles. The molecule has 0 fully saturated rings. The molecule has 0 aliphatic rings. The summed E-state index contributed by atoms with van der Waals surface area (Å²) in [5.74, 6) is 0. The fourth-order valence-corrected chi connectivity index (χ4v) is 5.88. The SMILES string of the molecule is Cc1cc(-c2cccs2)c2ccc3ccc(-c4cccs4)c4ccc1c2c34. The van der Waals surface area contributed by atoms with E-state index in [1.165, 1.54) is 58.8 Å². The molecule has 2 aromatic heterocycles. The Bertz CT molecular complexity index is 1400. The number of hydrogen-bond acceptors (Lipinski definition) is 2. The van der Waals surface area contributed by atoms with E-state index >= 15 is 0 Å². The van der Waals surface area contributed by atoms with Crippen LogP contribution in [0, 0.1) is 6.92 Å². The molecular weight excluding hydrogens is 364 g/mol. The van der Waals surface area contributed by atoms with E-state index in [-0.39, 0.29) is 0 Å². The Balaban J connectivity index is 1.84. The van der Waals surface area contributed by atoms with Crippen LogP contribution in [0.3, 0.4) is 0 Å². The second-order valence-corrected chi connectivity index (χ2v) is 8.95. The quantitative estimate of drug-likeness (QED) is 0.265. The Hall–Kier alpha value is -2.68. The van der Waals surface area contributed by atoms with Crippen LogP contribution in [-0.4, -0.2) is 0 Å². The zero-order valence-electron chi connectivity index (χ0n) is 14.8. The number of benzene rings is 4. The highest BCUT2D eigenvalue weighted by atomic mass is 32.1. The van der Waals surface area contributed by atoms with E-state index in [1.54, 1.807) is 0 Å². The van der Waals surface area contributed by atoms with Crippen molar-refractivity contribution < 1.29 is 0 Å². The largest absolute Gasteiger partial charge is 0.144 e. The van der Waals surface area contributed by atoms with Crippen LogP contribution in [0.15, 0.2) is 77.5 Å². The molecule has 0 amide bonds. The molecule has 0 atom stereocenters. The molecule has 0 N–H and O–H groups in total. The summed E-state index contributed by atoms with van der Waals surface area (Å²) in [6.07, 6.45) is 0. The summed E-state index contributed by atoms with van der Waals surface area (Å²) in [6.45, 7) is 2.24. The van der Waals surface area contributed by atoms with Gasteiger partial charge in [0.1, 0.15) is 0 Å². The summed E-state index contributed by atoms with van der Waals surface area (Å²) < 4.78 is 0. The number of hydrogen-bond donors (Lipinski definition) is 0. The molecule has 0 nitrogen and oxygen atoms in total. The average molecular weight is 381 g/mol. The van der Waals surface area contributed by atoms with Gasteiger partial charge in [-0.1, -0.05) is 48.5 Å². The molecule has 0 saturated heterocycles. The third kappa shape index (κ3) is 2.14. The molecule has 0 aliphatic heterocycles. The first kappa shape index (κ1) is 15.4. The molecule has 0 bridgehead atoms. The third-order valence-corrected chi connectivity index (χ3v) is 7.37. The topological polar surface area (TPSA) is 0 Å². The van der Waals surface area contributed by atoms with Crippen molar-refractivity contribution in [2.24, 2.45) is 0 Å². The van der Waals surface area contributed by atoms with Crippen molar-refractivity contribution in [2.45, 2.75) is 6.92 Å². The van der Waals surface area contributed by atoms with Crippen LogP contribution in [0.1, 0.15) is 5.56 Å². The Morgan fingerprint density at radius 1 is 0.593 bits per heavy atom. The van der Waals surface area contributed by atoms with E-state index in [0.29, 0.717) is 0 Å². The van der Waals surface area contributed by atoms with Crippen LogP contribution in [0.2, 0.25) is 0 Å². The maximum Gasteiger partial charge on any atom is 0.0349 e. The van der Waals surface area contributed by atoms with Crippen molar-refractivity contribution in [1.82, 2.24) is 0 Å². The molecular formula is C25H16S2. The van der Waals surface area contributed by atoms with E-state index in [2.05, 4.69) is 84.4 Å². The molecule has 0 unspecified atom stereocenters. The zero-order valence-corrected chi connectivity index (χ0v) is 16.5. The summed E-state index contributed by atoms with van der Waals surface area (Å²) in [5.41, 5.74) is 4.04. The first-order valence-electron chi connectivity index (χ1n) is 9.10. The molecule has 2 heterocycles. The van der Waals surface area contributed by atoms with Crippen molar-refractivity contribution in [3.05, 3.63) is 83.1 Å². The molecule has 0 spiro atoms. The summed E-state index contributed by atoms with van der Waals surface area (Å²) in [4.78, 5) is 2.68. The van der Waals surface area contributed by atoms with E-state index in [4.69, 9.17) is 0 Å². The van der Waals surface area contributed by atoms with E-state index in [1.807, 2.05) is 22.7 Å². The van der Waals surface area contributed by atoms with Crippen molar-refractivity contribution in [3.63, 3.8) is 0 Å². The standard InChI is InChI=1S/C25H16S2/c1-15-14-21(23-5-3-13-27-23)20-9-7-16-6-8-18(22-4-2-12-26-22)19-11-10-17(15)25(20)24(16)19/h2-14H,1H3. The predicted octanol–water partition coefficient (Wildman–Crippen LogP) is 8.35. The van der Waals surface area contributed by atoms with Gasteiger partial charge < -0.3 is 0 Å². The van der Waals surface area contributed by atoms with Crippen molar-refractivity contribution in [1.29, 1.82) is 0 Å². The Morgan fingerprint density at radius 3 is 1.96 bits per heavy atom. The van der Waals surface area contributed by atoms with Crippen LogP contribution < -0.4 is 0 Å². The van der Waals surface area contributed by atoms with Crippen molar-refractivity contribution in [3.8, 4) is 20.9 Å². The van der Waals surface area contributed by atoms with E-state index in [0.717, 1.165) is 0 Å². The summed E-state index contributed by atoms with van der Waals surface area (Å²) in [6, 6.07) is 24.9. The zero-order chi connectivity index (χ0) is 18.0. The molecule has 6 aromatic rings. The van der Waals surface area contributed by atoms with Gasteiger partial charge in [-0.25, -0.2) is 0 Å². The molecule has 0 aliphatic carbocycles. The van der Waals surface area contributed by atoms with Gasteiger partial charge in [0, 0.05) is 9.75 Å². The van der Waals surface area contributed by atoms with Gasteiger partial charge in [-0.3, -0.25) is 0 Å². The number of thiophene rings is 2. The fourth-order valence-electron chi connectivity index (χ4n) is 4.36. The lowest BCUT2D eigenvalue weighted by atomic mass is 9.87. The van der Waals surface area contributed by atoms with Gasteiger partial charge in [-0.2, -0.15) is 0 Å². The summed E-state index contributed by atoms with van der Waals surface area (Å²) in [5, 5.41) is 12.5. The second-order valence-electron chi connectivity index (χ2n) is 7.06. The van der Waals surface area contributed by atoms with Crippen LogP contribution in [-0.2, 0) is 0 Å². The van der Waals surface area contributed by atoms with Crippen molar-refractivity contribution >= 4 is 55.0 Å². The van der Waals surface area contributed by atoms with Crippen LogP contribution in [0.4, 0.5) is 0 Å². The van der Waals surface area contributed by atoms with Crippen LogP contribution >= 0.6 is 22.7 Å².